The number of anilines is 1. The average molecular weight is 325 g/mol. The van der Waals surface area contributed by atoms with Gasteiger partial charge in [-0.3, -0.25) is 9.48 Å². The smallest absolute Gasteiger partial charge is 0.387 e. The molecule has 0 fully saturated rings. The molecule has 0 aliphatic heterocycles. The second-order valence-corrected chi connectivity index (χ2v) is 4.67. The number of aromatic carboxylic acids is 1. The Balaban J connectivity index is 2.34. The van der Waals surface area contributed by atoms with Crippen LogP contribution in [0, 0.1) is 6.92 Å². The van der Waals surface area contributed by atoms with E-state index in [0.29, 0.717) is 5.56 Å². The van der Waals surface area contributed by atoms with Crippen LogP contribution in [0.15, 0.2) is 24.4 Å². The molecule has 122 valence electrons. The molecule has 0 bridgehead atoms. The maximum absolute atomic E-state index is 12.4. The van der Waals surface area contributed by atoms with Gasteiger partial charge in [0.2, 0.25) is 0 Å². The van der Waals surface area contributed by atoms with Crippen LogP contribution in [0.2, 0.25) is 0 Å². The highest BCUT2D eigenvalue weighted by molar-refractivity contribution is 6.10. The minimum Gasteiger partial charge on any atom is -0.477 e. The molecule has 7 nitrogen and oxygen atoms in total. The van der Waals surface area contributed by atoms with E-state index in [-0.39, 0.29) is 22.7 Å². The maximum atomic E-state index is 12.4. The molecule has 0 aliphatic carbocycles. The second kappa shape index (κ2) is 6.42. The normalized spacial score (nSPS) is 10.7. The van der Waals surface area contributed by atoms with Gasteiger partial charge in [0.1, 0.15) is 5.75 Å². The number of rotatable bonds is 5. The number of aryl methyl sites for hydroxylation is 2. The lowest BCUT2D eigenvalue weighted by molar-refractivity contribution is -0.0493. The highest BCUT2D eigenvalue weighted by Crippen LogP contribution is 2.28. The van der Waals surface area contributed by atoms with Crippen molar-refractivity contribution in [1.29, 1.82) is 0 Å². The quantitative estimate of drug-likeness (QED) is 0.879. The van der Waals surface area contributed by atoms with Crippen molar-refractivity contribution in [3.63, 3.8) is 0 Å². The summed E-state index contributed by atoms with van der Waals surface area (Å²) in [6.45, 7) is -1.35. The summed E-state index contributed by atoms with van der Waals surface area (Å²) in [7, 11) is 1.37. The van der Waals surface area contributed by atoms with Crippen LogP contribution in [0.25, 0.3) is 0 Å². The van der Waals surface area contributed by atoms with Gasteiger partial charge in [0.05, 0.1) is 17.4 Å². The predicted octanol–water partition coefficient (Wildman–Crippen LogP) is 2.28. The van der Waals surface area contributed by atoms with Crippen LogP contribution in [0.1, 0.15) is 26.4 Å². The number of nitrogens with zero attached hydrogens (tertiary/aromatic N) is 2. The van der Waals surface area contributed by atoms with Crippen LogP contribution >= 0.6 is 0 Å². The number of hydrogen-bond acceptors (Lipinski definition) is 4. The van der Waals surface area contributed by atoms with E-state index in [1.165, 1.54) is 19.2 Å². The Labute approximate surface area is 129 Å². The lowest BCUT2D eigenvalue weighted by Gasteiger charge is -2.12. The maximum Gasteiger partial charge on any atom is 0.387 e. The summed E-state index contributed by atoms with van der Waals surface area (Å²) in [5.41, 5.74) is 0.207. The summed E-state index contributed by atoms with van der Waals surface area (Å²) in [5, 5.41) is 15.2. The Hall–Kier alpha value is -2.97. The monoisotopic (exact) mass is 325 g/mol. The Morgan fingerprint density at radius 3 is 2.70 bits per heavy atom. The molecule has 23 heavy (non-hydrogen) atoms. The Morgan fingerprint density at radius 2 is 2.09 bits per heavy atom. The van der Waals surface area contributed by atoms with Gasteiger partial charge in [0.15, 0.2) is 5.69 Å². The number of amides is 1. The number of carboxylic acid groups (broad SMARTS) is 1. The fourth-order valence-corrected chi connectivity index (χ4v) is 1.99. The van der Waals surface area contributed by atoms with Gasteiger partial charge >= 0.3 is 12.6 Å². The topological polar surface area (TPSA) is 93.5 Å². The van der Waals surface area contributed by atoms with Crippen LogP contribution in [0.3, 0.4) is 0 Å². The summed E-state index contributed by atoms with van der Waals surface area (Å²) >= 11 is 0. The third kappa shape index (κ3) is 3.62. The van der Waals surface area contributed by atoms with E-state index in [2.05, 4.69) is 15.2 Å². The molecule has 2 rings (SSSR count). The van der Waals surface area contributed by atoms with E-state index >= 15 is 0 Å². The lowest BCUT2D eigenvalue weighted by atomic mass is 10.2. The van der Waals surface area contributed by atoms with Crippen LogP contribution < -0.4 is 10.1 Å². The minimum atomic E-state index is -3.05. The first kappa shape index (κ1) is 16.4. The molecular weight excluding hydrogens is 312 g/mol. The fraction of sp³-hybridized carbons (Fsp3) is 0.214. The molecule has 9 heteroatoms. The first-order valence-electron chi connectivity index (χ1n) is 6.41. The third-order valence-electron chi connectivity index (χ3n) is 2.99. The number of carbonyl (C=O) groups excluding carboxylic acids is 1. The molecule has 0 aliphatic rings. The number of carboxylic acids is 1. The summed E-state index contributed by atoms with van der Waals surface area (Å²) in [6, 6.07) is 4.27. The largest absolute Gasteiger partial charge is 0.477 e. The number of carbonyl (C=O) groups is 2. The lowest BCUT2D eigenvalue weighted by Crippen LogP contribution is -2.18. The number of aromatic nitrogens is 2. The van der Waals surface area contributed by atoms with Crippen LogP contribution in [-0.4, -0.2) is 33.4 Å². The second-order valence-electron chi connectivity index (χ2n) is 4.67. The van der Waals surface area contributed by atoms with Gasteiger partial charge < -0.3 is 15.2 Å². The van der Waals surface area contributed by atoms with E-state index in [9.17, 15) is 18.4 Å². The van der Waals surface area contributed by atoms with Crippen molar-refractivity contribution >= 4 is 17.6 Å². The van der Waals surface area contributed by atoms with Crippen molar-refractivity contribution in [1.82, 2.24) is 9.78 Å². The zero-order chi connectivity index (χ0) is 17.1. The number of alkyl halides is 2. The molecule has 1 aromatic carbocycles. The molecular formula is C14H13F2N3O4. The third-order valence-corrected chi connectivity index (χ3v) is 2.99. The van der Waals surface area contributed by atoms with Gasteiger partial charge in [0, 0.05) is 7.05 Å². The number of benzene rings is 1. The van der Waals surface area contributed by atoms with Gasteiger partial charge in [-0.25, -0.2) is 4.79 Å². The standard InChI is InChI=1S/C14H13F2N3O4/c1-7-3-4-10(23-14(15)16)9(5-7)18-12(20)8-6-17-19(2)11(8)13(21)22/h3-6,14H,1-2H3,(H,18,20)(H,21,22). The van der Waals surface area contributed by atoms with E-state index in [1.54, 1.807) is 13.0 Å². The van der Waals surface area contributed by atoms with Crippen LogP contribution in [0.5, 0.6) is 5.75 Å². The first-order chi connectivity index (χ1) is 10.8. The van der Waals surface area contributed by atoms with Crippen LogP contribution in [0.4, 0.5) is 14.5 Å². The van der Waals surface area contributed by atoms with Crippen molar-refractivity contribution in [3.05, 3.63) is 41.2 Å². The summed E-state index contributed by atoms with van der Waals surface area (Å²) < 4.78 is 30.2. The zero-order valence-electron chi connectivity index (χ0n) is 12.2. The molecule has 0 spiro atoms. The molecule has 0 saturated heterocycles. The number of nitrogens with one attached hydrogen (secondary N) is 1. The Bertz CT molecular complexity index is 758. The van der Waals surface area contributed by atoms with Gasteiger partial charge in [-0.15, -0.1) is 0 Å². The molecule has 2 N–H and O–H groups in total. The highest BCUT2D eigenvalue weighted by atomic mass is 19.3. The van der Waals surface area contributed by atoms with Gasteiger partial charge in [0.25, 0.3) is 5.91 Å². The van der Waals surface area contributed by atoms with Gasteiger partial charge in [-0.05, 0) is 24.6 Å². The van der Waals surface area contributed by atoms with E-state index in [0.717, 1.165) is 10.9 Å². The molecule has 1 aromatic heterocycles. The number of hydrogen-bond donors (Lipinski definition) is 2. The van der Waals surface area contributed by atoms with E-state index < -0.39 is 18.5 Å². The number of ether oxygens (including phenoxy) is 1. The van der Waals surface area contributed by atoms with E-state index in [1.807, 2.05) is 0 Å². The molecule has 1 heterocycles. The van der Waals surface area contributed by atoms with E-state index in [4.69, 9.17) is 5.11 Å². The van der Waals surface area contributed by atoms with Gasteiger partial charge in [-0.2, -0.15) is 13.9 Å². The molecule has 0 saturated carbocycles. The predicted molar refractivity (Wildman–Crippen MR) is 75.9 cm³/mol. The molecule has 0 unspecified atom stereocenters. The minimum absolute atomic E-state index is 0.00971. The Kier molecular flexibility index (Phi) is 4.58. The summed E-state index contributed by atoms with van der Waals surface area (Å²) in [6.07, 6.45) is 1.09. The van der Waals surface area contributed by atoms with Crippen molar-refractivity contribution < 1.29 is 28.2 Å². The first-order valence-corrected chi connectivity index (χ1v) is 6.41. The van der Waals surface area contributed by atoms with Crippen LogP contribution in [-0.2, 0) is 7.05 Å². The highest BCUT2D eigenvalue weighted by Gasteiger charge is 2.22. The van der Waals surface area contributed by atoms with Crippen molar-refractivity contribution in [2.75, 3.05) is 5.32 Å². The average Bonchev–Trinajstić information content (AvgIpc) is 2.83. The number of halogens is 2. The molecule has 2 aromatic rings. The zero-order valence-corrected chi connectivity index (χ0v) is 12.2. The van der Waals surface area contributed by atoms with Crippen molar-refractivity contribution in [3.8, 4) is 5.75 Å². The fourth-order valence-electron chi connectivity index (χ4n) is 1.99. The molecule has 1 amide bonds. The van der Waals surface area contributed by atoms with Gasteiger partial charge in [-0.1, -0.05) is 6.07 Å². The van der Waals surface area contributed by atoms with Crippen molar-refractivity contribution in [2.45, 2.75) is 13.5 Å². The molecule has 0 atom stereocenters. The Morgan fingerprint density at radius 1 is 1.39 bits per heavy atom. The summed E-state index contributed by atoms with van der Waals surface area (Å²) in [4.78, 5) is 23.4. The summed E-state index contributed by atoms with van der Waals surface area (Å²) in [5.74, 6) is -2.34. The molecule has 0 radical (unpaired) electrons. The SMILES string of the molecule is Cc1ccc(OC(F)F)c(NC(=O)c2cnn(C)c2C(=O)O)c1. The van der Waals surface area contributed by atoms with Crippen molar-refractivity contribution in [2.24, 2.45) is 7.05 Å².